The molecule has 202 valence electrons. The maximum atomic E-state index is 8.41. The van der Waals surface area contributed by atoms with Crippen molar-refractivity contribution in [1.82, 2.24) is 9.55 Å². The molecular formula is C40H26N2O. The number of benzene rings is 7. The van der Waals surface area contributed by atoms with Gasteiger partial charge in [-0.3, -0.25) is 4.57 Å². The third kappa shape index (κ3) is 3.45. The summed E-state index contributed by atoms with van der Waals surface area (Å²) in [7, 11) is 0. The first-order chi connectivity index (χ1) is 22.5. The molecule has 0 aliphatic heterocycles. The number of furan rings is 1. The number of para-hydroxylation sites is 4. The molecule has 9 rings (SSSR count). The average Bonchev–Trinajstić information content (AvgIpc) is 3.67. The number of aryl methyl sites for hydroxylation is 1. The fourth-order valence-corrected chi connectivity index (χ4v) is 6.84. The Morgan fingerprint density at radius 1 is 0.535 bits per heavy atom. The van der Waals surface area contributed by atoms with E-state index in [-0.39, 0.29) is 5.82 Å². The molecule has 3 heteroatoms. The van der Waals surface area contributed by atoms with Crippen molar-refractivity contribution < 1.29 is 8.53 Å². The third-order valence-corrected chi connectivity index (χ3v) is 8.58. The average molecular weight is 554 g/mol. The molecule has 0 atom stereocenters. The number of imidazole rings is 1. The van der Waals surface area contributed by atoms with Crippen LogP contribution in [-0.2, 0) is 0 Å². The SMILES string of the molecule is [2H]C([2H])([2H])c1nc2ccccc2n1-c1ccccc1-c1c2ccccc2c(-c2cccc3oc4ccccc4c23)c2ccccc12. The standard InChI is InChI=1S/C40H26N2O/c1-25-41-33-20-8-10-22-35(33)42(25)34-21-9-6-17-30(34)38-26-13-2-4-15-28(26)39(29-16-5-3-14-27(29)38)32-19-12-24-37-40(32)31-18-7-11-23-36(31)43-37/h2-24H,1H3/i1D3. The molecule has 2 heterocycles. The van der Waals surface area contributed by atoms with Crippen LogP contribution in [0.5, 0.6) is 0 Å². The lowest BCUT2D eigenvalue weighted by Gasteiger charge is -2.20. The van der Waals surface area contributed by atoms with Crippen molar-refractivity contribution in [2.45, 2.75) is 6.85 Å². The highest BCUT2D eigenvalue weighted by atomic mass is 16.3. The van der Waals surface area contributed by atoms with E-state index in [1.807, 2.05) is 65.2 Å². The zero-order valence-corrected chi connectivity index (χ0v) is 23.1. The highest BCUT2D eigenvalue weighted by Crippen LogP contribution is 2.47. The highest BCUT2D eigenvalue weighted by Gasteiger charge is 2.22. The second-order valence-electron chi connectivity index (χ2n) is 10.9. The molecule has 0 unspecified atom stereocenters. The molecular weight excluding hydrogens is 524 g/mol. The maximum absolute atomic E-state index is 8.41. The summed E-state index contributed by atoms with van der Waals surface area (Å²) in [6.45, 7) is -2.41. The quantitative estimate of drug-likeness (QED) is 0.204. The molecule has 0 aliphatic rings. The van der Waals surface area contributed by atoms with E-state index in [9.17, 15) is 0 Å². The van der Waals surface area contributed by atoms with Gasteiger partial charge in [-0.2, -0.15) is 0 Å². The van der Waals surface area contributed by atoms with Crippen molar-refractivity contribution in [1.29, 1.82) is 0 Å². The van der Waals surface area contributed by atoms with Gasteiger partial charge in [-0.05, 0) is 75.4 Å². The number of hydrogen-bond acceptors (Lipinski definition) is 2. The summed E-state index contributed by atoms with van der Waals surface area (Å²) < 4.78 is 33.3. The fourth-order valence-electron chi connectivity index (χ4n) is 6.84. The van der Waals surface area contributed by atoms with E-state index in [1.165, 1.54) is 0 Å². The van der Waals surface area contributed by atoms with Crippen molar-refractivity contribution in [2.24, 2.45) is 0 Å². The molecule has 0 aliphatic carbocycles. The fraction of sp³-hybridized carbons (Fsp3) is 0.0250. The molecule has 2 aromatic heterocycles. The van der Waals surface area contributed by atoms with Gasteiger partial charge < -0.3 is 4.42 Å². The van der Waals surface area contributed by atoms with Gasteiger partial charge in [0.05, 0.1) is 16.7 Å². The first-order valence-corrected chi connectivity index (χ1v) is 14.4. The lowest BCUT2D eigenvalue weighted by atomic mass is 9.84. The zero-order valence-electron chi connectivity index (χ0n) is 26.1. The Bertz CT molecular complexity index is 2590. The normalized spacial score (nSPS) is 13.2. The van der Waals surface area contributed by atoms with Crippen molar-refractivity contribution in [2.75, 3.05) is 0 Å². The Morgan fingerprint density at radius 2 is 1.09 bits per heavy atom. The van der Waals surface area contributed by atoms with Crippen LogP contribution in [0, 0.1) is 6.85 Å². The van der Waals surface area contributed by atoms with Crippen LogP contribution in [0.4, 0.5) is 0 Å². The molecule has 7 aromatic carbocycles. The lowest BCUT2D eigenvalue weighted by Crippen LogP contribution is -2.00. The molecule has 0 amide bonds. The smallest absolute Gasteiger partial charge is 0.136 e. The molecule has 9 aromatic rings. The summed E-state index contributed by atoms with van der Waals surface area (Å²) in [5.74, 6) is 0.0462. The van der Waals surface area contributed by atoms with Gasteiger partial charge in [-0.15, -0.1) is 0 Å². The van der Waals surface area contributed by atoms with Crippen molar-refractivity contribution in [3.05, 3.63) is 145 Å². The van der Waals surface area contributed by atoms with Gasteiger partial charge in [0, 0.05) is 20.4 Å². The Morgan fingerprint density at radius 3 is 1.84 bits per heavy atom. The number of aromatic nitrogens is 2. The highest BCUT2D eigenvalue weighted by molar-refractivity contribution is 6.26. The van der Waals surface area contributed by atoms with Gasteiger partial charge in [0.1, 0.15) is 17.0 Å². The van der Waals surface area contributed by atoms with Gasteiger partial charge in [-0.1, -0.05) is 109 Å². The van der Waals surface area contributed by atoms with Crippen molar-refractivity contribution >= 4 is 54.5 Å². The van der Waals surface area contributed by atoms with E-state index >= 15 is 0 Å². The van der Waals surface area contributed by atoms with Crippen LogP contribution in [0.25, 0.3) is 82.5 Å². The van der Waals surface area contributed by atoms with Gasteiger partial charge in [-0.25, -0.2) is 4.98 Å². The summed E-state index contributed by atoms with van der Waals surface area (Å²) in [5.41, 5.74) is 8.12. The van der Waals surface area contributed by atoms with Gasteiger partial charge >= 0.3 is 0 Å². The van der Waals surface area contributed by atoms with Gasteiger partial charge in [0.2, 0.25) is 0 Å². The Hall–Kier alpha value is -5.67. The van der Waals surface area contributed by atoms with Crippen molar-refractivity contribution in [3.63, 3.8) is 0 Å². The van der Waals surface area contributed by atoms with E-state index in [4.69, 9.17) is 8.53 Å². The van der Waals surface area contributed by atoms with Crippen LogP contribution in [0.2, 0.25) is 0 Å². The Labute approximate surface area is 252 Å². The predicted octanol–water partition coefficient (Wildman–Crippen LogP) is 10.9. The molecule has 3 nitrogen and oxygen atoms in total. The largest absolute Gasteiger partial charge is 0.456 e. The summed E-state index contributed by atoms with van der Waals surface area (Å²) >= 11 is 0. The predicted molar refractivity (Wildman–Crippen MR) is 179 cm³/mol. The Balaban J connectivity index is 1.43. The minimum absolute atomic E-state index is 0.0462. The van der Waals surface area contributed by atoms with E-state index in [2.05, 4.69) is 83.8 Å². The van der Waals surface area contributed by atoms with Gasteiger partial charge in [0.15, 0.2) is 0 Å². The van der Waals surface area contributed by atoms with E-state index in [1.54, 1.807) is 0 Å². The summed E-state index contributed by atoms with van der Waals surface area (Å²) in [4.78, 5) is 4.61. The second-order valence-corrected chi connectivity index (χ2v) is 10.9. The second kappa shape index (κ2) is 9.17. The van der Waals surface area contributed by atoms with Gasteiger partial charge in [0.25, 0.3) is 0 Å². The third-order valence-electron chi connectivity index (χ3n) is 8.58. The molecule has 0 saturated carbocycles. The number of hydrogen-bond donors (Lipinski definition) is 0. The van der Waals surface area contributed by atoms with Crippen LogP contribution in [0.1, 0.15) is 9.94 Å². The topological polar surface area (TPSA) is 31.0 Å². The Kier molecular flexibility index (Phi) is 4.50. The number of fused-ring (bicyclic) bond motifs is 6. The molecule has 0 N–H and O–H groups in total. The van der Waals surface area contributed by atoms with Crippen LogP contribution in [-0.4, -0.2) is 9.55 Å². The van der Waals surface area contributed by atoms with Crippen molar-refractivity contribution in [3.8, 4) is 27.9 Å². The molecule has 0 bridgehead atoms. The monoisotopic (exact) mass is 553 g/mol. The minimum Gasteiger partial charge on any atom is -0.456 e. The molecule has 0 saturated heterocycles. The summed E-state index contributed by atoms with van der Waals surface area (Å²) in [6, 6.07) is 47.2. The molecule has 0 fully saturated rings. The zero-order chi connectivity index (χ0) is 31.0. The van der Waals surface area contributed by atoms with E-state index in [0.717, 1.165) is 76.9 Å². The van der Waals surface area contributed by atoms with Crippen LogP contribution in [0.15, 0.2) is 144 Å². The minimum atomic E-state index is -2.41. The summed E-state index contributed by atoms with van der Waals surface area (Å²) in [5, 5.41) is 6.54. The first kappa shape index (κ1) is 21.1. The van der Waals surface area contributed by atoms with E-state index < -0.39 is 6.85 Å². The molecule has 0 spiro atoms. The van der Waals surface area contributed by atoms with E-state index in [0.29, 0.717) is 5.52 Å². The van der Waals surface area contributed by atoms with Crippen LogP contribution in [0.3, 0.4) is 0 Å². The lowest BCUT2D eigenvalue weighted by molar-refractivity contribution is 0.669. The number of nitrogens with zero attached hydrogens (tertiary/aromatic N) is 2. The molecule has 43 heavy (non-hydrogen) atoms. The first-order valence-electron chi connectivity index (χ1n) is 15.9. The summed E-state index contributed by atoms with van der Waals surface area (Å²) in [6.07, 6.45) is 0. The molecule has 0 radical (unpaired) electrons. The number of rotatable bonds is 3. The maximum Gasteiger partial charge on any atom is 0.136 e. The van der Waals surface area contributed by atoms with Crippen LogP contribution < -0.4 is 0 Å². The van der Waals surface area contributed by atoms with Crippen LogP contribution >= 0.6 is 0 Å².